The quantitative estimate of drug-likeness (QED) is 0.406. The summed E-state index contributed by atoms with van der Waals surface area (Å²) >= 11 is 0. The van der Waals surface area contributed by atoms with Crippen molar-refractivity contribution in [2.24, 2.45) is 0 Å². The molecule has 34 heavy (non-hydrogen) atoms. The fourth-order valence-electron chi connectivity index (χ4n) is 4.23. The lowest BCUT2D eigenvalue weighted by Gasteiger charge is -2.30. The van der Waals surface area contributed by atoms with Crippen molar-refractivity contribution in [2.75, 3.05) is 16.2 Å². The second-order valence-corrected chi connectivity index (χ2v) is 10.1. The van der Waals surface area contributed by atoms with E-state index in [1.165, 1.54) is 4.31 Å². The van der Waals surface area contributed by atoms with E-state index in [1.54, 1.807) is 36.4 Å². The summed E-state index contributed by atoms with van der Waals surface area (Å²) in [5.41, 5.74) is 4.97. The van der Waals surface area contributed by atoms with Gasteiger partial charge in [-0.25, -0.2) is 8.42 Å². The van der Waals surface area contributed by atoms with Crippen LogP contribution in [0.25, 0.3) is 11.1 Å². The predicted octanol–water partition coefficient (Wildman–Crippen LogP) is 5.75. The maximum Gasteiger partial charge on any atom is 0.264 e. The van der Waals surface area contributed by atoms with Crippen molar-refractivity contribution in [3.63, 3.8) is 0 Å². The van der Waals surface area contributed by atoms with Crippen LogP contribution in [-0.2, 0) is 16.4 Å². The number of rotatable bonds is 5. The van der Waals surface area contributed by atoms with Gasteiger partial charge in [0.15, 0.2) is 0 Å². The first-order valence-corrected chi connectivity index (χ1v) is 12.6. The van der Waals surface area contributed by atoms with Gasteiger partial charge in [-0.05, 0) is 72.0 Å². The van der Waals surface area contributed by atoms with Crippen LogP contribution in [-0.4, -0.2) is 20.9 Å². The zero-order valence-electron chi connectivity index (χ0n) is 18.5. The largest absolute Gasteiger partial charge is 0.322 e. The highest BCUT2D eigenvalue weighted by Crippen LogP contribution is 2.32. The number of sulfonamides is 1. The molecule has 4 aromatic rings. The lowest BCUT2D eigenvalue weighted by Crippen LogP contribution is -2.35. The number of carbonyl (C=O) groups excluding carboxylic acids is 1. The number of carbonyl (C=O) groups is 1. The number of anilines is 2. The molecule has 1 amide bonds. The third-order valence-electron chi connectivity index (χ3n) is 6.02. The van der Waals surface area contributed by atoms with Gasteiger partial charge < -0.3 is 5.32 Å². The third kappa shape index (κ3) is 4.32. The lowest BCUT2D eigenvalue weighted by atomic mass is 10.0. The smallest absolute Gasteiger partial charge is 0.264 e. The molecule has 0 fully saturated rings. The summed E-state index contributed by atoms with van der Waals surface area (Å²) in [6.07, 6.45) is 1.66. The number of hydrogen-bond donors (Lipinski definition) is 1. The number of nitrogens with one attached hydrogen (secondary N) is 1. The van der Waals surface area contributed by atoms with Crippen LogP contribution in [0.2, 0.25) is 0 Å². The molecule has 0 atom stereocenters. The Morgan fingerprint density at radius 3 is 2.12 bits per heavy atom. The number of hydrogen-bond acceptors (Lipinski definition) is 3. The molecule has 170 valence electrons. The molecule has 4 aromatic carbocycles. The summed E-state index contributed by atoms with van der Waals surface area (Å²) in [4.78, 5) is 12.9. The van der Waals surface area contributed by atoms with Gasteiger partial charge in [0.2, 0.25) is 0 Å². The number of para-hydroxylation sites is 1. The van der Waals surface area contributed by atoms with Crippen LogP contribution in [0.1, 0.15) is 22.3 Å². The van der Waals surface area contributed by atoms with Crippen LogP contribution < -0.4 is 9.62 Å². The highest BCUT2D eigenvalue weighted by molar-refractivity contribution is 7.92. The summed E-state index contributed by atoms with van der Waals surface area (Å²) in [5, 5.41) is 2.84. The monoisotopic (exact) mass is 468 g/mol. The molecule has 0 aliphatic carbocycles. The number of nitrogens with zero attached hydrogens (tertiary/aromatic N) is 1. The van der Waals surface area contributed by atoms with Gasteiger partial charge in [0.05, 0.1) is 10.6 Å². The number of fused-ring (bicyclic) bond motifs is 1. The molecule has 0 bridgehead atoms. The summed E-state index contributed by atoms with van der Waals surface area (Å²) < 4.78 is 28.1. The molecule has 0 saturated carbocycles. The van der Waals surface area contributed by atoms with Crippen LogP contribution >= 0.6 is 0 Å². The van der Waals surface area contributed by atoms with Crippen LogP contribution in [0.5, 0.6) is 0 Å². The Balaban J connectivity index is 1.30. The molecular formula is C28H24N2O3S. The Labute approximate surface area is 199 Å². The van der Waals surface area contributed by atoms with Crippen LogP contribution in [0.15, 0.2) is 108 Å². The standard InChI is InChI=1S/C28H24N2O3S/c31-28(24-14-12-22(13-15-24)21-7-2-1-3-8-21)29-25-16-18-26(19-17-25)34(32,33)30-20-6-10-23-9-4-5-11-27(23)30/h1-5,7-9,11-19H,6,10,20H2,(H,29,31). The van der Waals surface area contributed by atoms with Crippen LogP contribution in [0.4, 0.5) is 11.4 Å². The molecule has 6 heteroatoms. The third-order valence-corrected chi connectivity index (χ3v) is 7.85. The first-order chi connectivity index (χ1) is 16.5. The number of benzene rings is 4. The highest BCUT2D eigenvalue weighted by atomic mass is 32.2. The summed E-state index contributed by atoms with van der Waals surface area (Å²) in [5.74, 6) is -0.250. The van der Waals surface area contributed by atoms with Gasteiger partial charge in [-0.2, -0.15) is 0 Å². The number of amides is 1. The maximum absolute atomic E-state index is 13.3. The molecular weight excluding hydrogens is 444 g/mol. The summed E-state index contributed by atoms with van der Waals surface area (Å²) in [6, 6.07) is 31.3. The molecule has 1 aliphatic heterocycles. The molecule has 1 heterocycles. The molecule has 1 aliphatic rings. The number of aryl methyl sites for hydroxylation is 1. The average molecular weight is 469 g/mol. The van der Waals surface area contributed by atoms with E-state index >= 15 is 0 Å². The van der Waals surface area contributed by atoms with Gasteiger partial charge in [-0.15, -0.1) is 0 Å². The zero-order valence-corrected chi connectivity index (χ0v) is 19.3. The van der Waals surface area contributed by atoms with Gasteiger partial charge in [-0.3, -0.25) is 9.10 Å². The molecule has 0 saturated heterocycles. The summed E-state index contributed by atoms with van der Waals surface area (Å²) in [6.45, 7) is 0.455. The highest BCUT2D eigenvalue weighted by Gasteiger charge is 2.28. The molecule has 1 N–H and O–H groups in total. The molecule has 5 rings (SSSR count). The summed E-state index contributed by atoms with van der Waals surface area (Å²) in [7, 11) is -3.68. The van der Waals surface area contributed by atoms with Crippen molar-refractivity contribution in [3.8, 4) is 11.1 Å². The van der Waals surface area contributed by atoms with E-state index in [9.17, 15) is 13.2 Å². The van der Waals surface area contributed by atoms with Crippen molar-refractivity contribution in [3.05, 3.63) is 114 Å². The van der Waals surface area contributed by atoms with E-state index < -0.39 is 10.0 Å². The van der Waals surface area contributed by atoms with Crippen molar-refractivity contribution >= 4 is 27.3 Å². The molecule has 0 aromatic heterocycles. The van der Waals surface area contributed by atoms with E-state index in [-0.39, 0.29) is 10.8 Å². The van der Waals surface area contributed by atoms with Crippen molar-refractivity contribution in [1.82, 2.24) is 0 Å². The fourth-order valence-corrected chi connectivity index (χ4v) is 5.78. The van der Waals surface area contributed by atoms with E-state index in [0.29, 0.717) is 17.8 Å². The van der Waals surface area contributed by atoms with Gasteiger partial charge in [0, 0.05) is 17.8 Å². The molecule has 0 unspecified atom stereocenters. The van der Waals surface area contributed by atoms with Gasteiger partial charge in [-0.1, -0.05) is 60.7 Å². The Bertz CT molecular complexity index is 1410. The van der Waals surface area contributed by atoms with Crippen molar-refractivity contribution in [2.45, 2.75) is 17.7 Å². The van der Waals surface area contributed by atoms with E-state index in [4.69, 9.17) is 0 Å². The SMILES string of the molecule is O=C(Nc1ccc(S(=O)(=O)N2CCCc3ccccc32)cc1)c1ccc(-c2ccccc2)cc1. The van der Waals surface area contributed by atoms with Gasteiger partial charge in [0.1, 0.15) is 0 Å². The average Bonchev–Trinajstić information content (AvgIpc) is 2.89. The molecule has 5 nitrogen and oxygen atoms in total. The van der Waals surface area contributed by atoms with Gasteiger partial charge >= 0.3 is 0 Å². The second kappa shape index (κ2) is 9.15. The van der Waals surface area contributed by atoms with E-state index in [2.05, 4.69) is 5.32 Å². The molecule has 0 radical (unpaired) electrons. The minimum absolute atomic E-state index is 0.203. The Kier molecular flexibility index (Phi) is 5.90. The Morgan fingerprint density at radius 1 is 0.735 bits per heavy atom. The fraction of sp³-hybridized carbons (Fsp3) is 0.107. The topological polar surface area (TPSA) is 66.5 Å². The second-order valence-electron chi connectivity index (χ2n) is 8.23. The minimum Gasteiger partial charge on any atom is -0.322 e. The normalized spacial score (nSPS) is 13.2. The van der Waals surface area contributed by atoms with Crippen LogP contribution in [0.3, 0.4) is 0 Å². The van der Waals surface area contributed by atoms with Gasteiger partial charge in [0.25, 0.3) is 15.9 Å². The predicted molar refractivity (Wildman–Crippen MR) is 136 cm³/mol. The minimum atomic E-state index is -3.68. The van der Waals surface area contributed by atoms with Crippen LogP contribution in [0, 0.1) is 0 Å². The zero-order chi connectivity index (χ0) is 23.5. The van der Waals surface area contributed by atoms with Crippen molar-refractivity contribution < 1.29 is 13.2 Å². The first kappa shape index (κ1) is 21.9. The van der Waals surface area contributed by atoms with E-state index in [1.807, 2.05) is 66.7 Å². The first-order valence-electron chi connectivity index (χ1n) is 11.2. The van der Waals surface area contributed by atoms with Crippen molar-refractivity contribution in [1.29, 1.82) is 0 Å². The Hall–Kier alpha value is -3.90. The maximum atomic E-state index is 13.3. The lowest BCUT2D eigenvalue weighted by molar-refractivity contribution is 0.102. The Morgan fingerprint density at radius 2 is 1.38 bits per heavy atom. The molecule has 0 spiro atoms. The van der Waals surface area contributed by atoms with E-state index in [0.717, 1.165) is 35.2 Å².